The molecule has 82 valence electrons. The summed E-state index contributed by atoms with van der Waals surface area (Å²) in [6, 6.07) is 8.61. The molecular weight excluding hydrogens is 208 g/mol. The average Bonchev–Trinajstić information content (AvgIpc) is 2.33. The fourth-order valence-electron chi connectivity index (χ4n) is 1.27. The predicted molar refractivity (Wildman–Crippen MR) is 55.7 cm³/mol. The van der Waals surface area contributed by atoms with Gasteiger partial charge in [-0.15, -0.1) is 0 Å². The van der Waals surface area contributed by atoms with E-state index in [2.05, 4.69) is 0 Å². The molecule has 0 radical (unpaired) electrons. The molecule has 0 saturated heterocycles. The molecule has 16 heavy (non-hydrogen) atoms. The third-order valence-corrected chi connectivity index (χ3v) is 2.06. The molecule has 0 spiro atoms. The summed E-state index contributed by atoms with van der Waals surface area (Å²) in [5.41, 5.74) is 0.455. The fourth-order valence-corrected chi connectivity index (χ4v) is 1.27. The highest BCUT2D eigenvalue weighted by Crippen LogP contribution is 2.08. The first-order valence-corrected chi connectivity index (χ1v) is 4.84. The normalized spacial score (nSPS) is 19.5. The van der Waals surface area contributed by atoms with E-state index in [1.807, 2.05) is 6.07 Å². The highest BCUT2D eigenvalue weighted by atomic mass is 16.7. The number of ketones is 1. The van der Waals surface area contributed by atoms with E-state index in [-0.39, 0.29) is 12.4 Å². The molecule has 2 rings (SSSR count). The van der Waals surface area contributed by atoms with Gasteiger partial charge in [0.2, 0.25) is 6.29 Å². The van der Waals surface area contributed by atoms with Crippen LogP contribution in [0.25, 0.3) is 0 Å². The number of ether oxygens (including phenoxy) is 2. The van der Waals surface area contributed by atoms with Gasteiger partial charge in [-0.1, -0.05) is 18.2 Å². The summed E-state index contributed by atoms with van der Waals surface area (Å²) in [6.45, 7) is -0.0523. The molecule has 0 amide bonds. The topological polar surface area (TPSA) is 52.6 Å². The summed E-state index contributed by atoms with van der Waals surface area (Å²) in [5.74, 6) is -0.600. The largest absolute Gasteiger partial charge is 0.428 e. The molecular formula is C12H10O4. The summed E-state index contributed by atoms with van der Waals surface area (Å²) in [4.78, 5) is 22.4. The Morgan fingerprint density at radius 3 is 2.69 bits per heavy atom. The van der Waals surface area contributed by atoms with E-state index >= 15 is 0 Å². The Morgan fingerprint density at radius 2 is 2.06 bits per heavy atom. The summed E-state index contributed by atoms with van der Waals surface area (Å²) >= 11 is 0. The van der Waals surface area contributed by atoms with Crippen LogP contribution in [0.2, 0.25) is 0 Å². The van der Waals surface area contributed by atoms with E-state index in [4.69, 9.17) is 9.47 Å². The number of carbonyl (C=O) groups is 2. The Bertz CT molecular complexity index is 422. The second-order valence-electron chi connectivity index (χ2n) is 3.28. The molecule has 0 N–H and O–H groups in total. The minimum atomic E-state index is -0.773. The molecule has 0 bridgehead atoms. The lowest BCUT2D eigenvalue weighted by Crippen LogP contribution is -2.25. The van der Waals surface area contributed by atoms with Crippen molar-refractivity contribution in [3.8, 4) is 0 Å². The fraction of sp³-hybridized carbons (Fsp3) is 0.167. The third-order valence-electron chi connectivity index (χ3n) is 2.06. The standard InChI is InChI=1S/C12H10O4/c13-10-6-7-11(15-8-10)16-12(14)9-4-2-1-3-5-9/h1-7,11H,8H2. The van der Waals surface area contributed by atoms with Crippen molar-refractivity contribution >= 4 is 11.8 Å². The van der Waals surface area contributed by atoms with Crippen molar-refractivity contribution in [3.63, 3.8) is 0 Å². The van der Waals surface area contributed by atoms with E-state index in [9.17, 15) is 9.59 Å². The van der Waals surface area contributed by atoms with Crippen LogP contribution >= 0.6 is 0 Å². The molecule has 4 heteroatoms. The van der Waals surface area contributed by atoms with Crippen LogP contribution in [0.15, 0.2) is 42.5 Å². The zero-order valence-electron chi connectivity index (χ0n) is 8.46. The molecule has 0 fully saturated rings. The quantitative estimate of drug-likeness (QED) is 0.702. The number of esters is 1. The van der Waals surface area contributed by atoms with Crippen LogP contribution in [0.1, 0.15) is 10.4 Å². The molecule has 1 aliphatic rings. The van der Waals surface area contributed by atoms with Crippen molar-refractivity contribution in [2.24, 2.45) is 0 Å². The molecule has 1 heterocycles. The maximum absolute atomic E-state index is 11.6. The van der Waals surface area contributed by atoms with E-state index in [0.717, 1.165) is 0 Å². The average molecular weight is 218 g/mol. The van der Waals surface area contributed by atoms with Crippen molar-refractivity contribution in [3.05, 3.63) is 48.0 Å². The lowest BCUT2D eigenvalue weighted by Gasteiger charge is -2.17. The summed E-state index contributed by atoms with van der Waals surface area (Å²) in [7, 11) is 0. The van der Waals surface area contributed by atoms with Crippen LogP contribution in [0.3, 0.4) is 0 Å². The van der Waals surface area contributed by atoms with Crippen molar-refractivity contribution in [2.45, 2.75) is 6.29 Å². The molecule has 0 aliphatic carbocycles. The van der Waals surface area contributed by atoms with Gasteiger partial charge < -0.3 is 9.47 Å². The van der Waals surface area contributed by atoms with Gasteiger partial charge in [0.05, 0.1) is 5.56 Å². The van der Waals surface area contributed by atoms with Gasteiger partial charge in [0.25, 0.3) is 0 Å². The molecule has 1 atom stereocenters. The van der Waals surface area contributed by atoms with Crippen LogP contribution < -0.4 is 0 Å². The molecule has 4 nitrogen and oxygen atoms in total. The van der Waals surface area contributed by atoms with Gasteiger partial charge in [-0.3, -0.25) is 4.79 Å². The van der Waals surface area contributed by atoms with Gasteiger partial charge in [-0.2, -0.15) is 0 Å². The van der Waals surface area contributed by atoms with Crippen LogP contribution in [0.5, 0.6) is 0 Å². The Labute approximate surface area is 92.5 Å². The highest BCUT2D eigenvalue weighted by molar-refractivity contribution is 5.92. The minimum absolute atomic E-state index is 0.0523. The summed E-state index contributed by atoms with van der Waals surface area (Å²) in [6.07, 6.45) is 2.00. The minimum Gasteiger partial charge on any atom is -0.428 e. The molecule has 1 aromatic carbocycles. The Kier molecular flexibility index (Phi) is 3.12. The number of hydrogen-bond donors (Lipinski definition) is 0. The molecule has 1 aromatic rings. The Balaban J connectivity index is 1.98. The van der Waals surface area contributed by atoms with Crippen LogP contribution in [0, 0.1) is 0 Å². The van der Waals surface area contributed by atoms with Crippen molar-refractivity contribution in [1.29, 1.82) is 0 Å². The summed E-state index contributed by atoms with van der Waals surface area (Å²) in [5, 5.41) is 0. The number of benzene rings is 1. The monoisotopic (exact) mass is 218 g/mol. The second-order valence-corrected chi connectivity index (χ2v) is 3.28. The maximum atomic E-state index is 11.6. The van der Waals surface area contributed by atoms with Gasteiger partial charge in [0, 0.05) is 0 Å². The summed E-state index contributed by atoms with van der Waals surface area (Å²) < 4.78 is 10.0. The maximum Gasteiger partial charge on any atom is 0.340 e. The number of hydrogen-bond acceptors (Lipinski definition) is 4. The smallest absolute Gasteiger partial charge is 0.340 e. The van der Waals surface area contributed by atoms with Crippen molar-refractivity contribution in [1.82, 2.24) is 0 Å². The third kappa shape index (κ3) is 2.55. The lowest BCUT2D eigenvalue weighted by atomic mass is 10.2. The van der Waals surface area contributed by atoms with Gasteiger partial charge in [0.1, 0.15) is 6.61 Å². The lowest BCUT2D eigenvalue weighted by molar-refractivity contribution is -0.132. The van der Waals surface area contributed by atoms with E-state index < -0.39 is 12.3 Å². The van der Waals surface area contributed by atoms with Crippen LogP contribution in [-0.4, -0.2) is 24.6 Å². The van der Waals surface area contributed by atoms with E-state index in [0.29, 0.717) is 5.56 Å². The Morgan fingerprint density at radius 1 is 1.31 bits per heavy atom. The number of carbonyl (C=O) groups excluding carboxylic acids is 2. The van der Waals surface area contributed by atoms with Gasteiger partial charge in [-0.05, 0) is 24.3 Å². The first-order valence-electron chi connectivity index (χ1n) is 4.84. The Hall–Kier alpha value is -1.94. The number of rotatable bonds is 2. The molecule has 1 unspecified atom stereocenters. The second kappa shape index (κ2) is 4.72. The first-order chi connectivity index (χ1) is 7.75. The van der Waals surface area contributed by atoms with Crippen molar-refractivity contribution in [2.75, 3.05) is 6.61 Å². The zero-order valence-corrected chi connectivity index (χ0v) is 8.46. The van der Waals surface area contributed by atoms with Gasteiger partial charge in [0.15, 0.2) is 5.78 Å². The van der Waals surface area contributed by atoms with Crippen LogP contribution in [0.4, 0.5) is 0 Å². The SMILES string of the molecule is O=C1C=CC(OC(=O)c2ccccc2)OC1. The van der Waals surface area contributed by atoms with Crippen LogP contribution in [-0.2, 0) is 14.3 Å². The molecule has 1 aliphatic heterocycles. The van der Waals surface area contributed by atoms with Gasteiger partial charge >= 0.3 is 5.97 Å². The first kappa shape index (κ1) is 10.6. The predicted octanol–water partition coefficient (Wildman–Crippen LogP) is 1.32. The van der Waals surface area contributed by atoms with E-state index in [1.54, 1.807) is 24.3 Å². The zero-order chi connectivity index (χ0) is 11.4. The molecule has 0 aromatic heterocycles. The highest BCUT2D eigenvalue weighted by Gasteiger charge is 2.18. The van der Waals surface area contributed by atoms with E-state index in [1.165, 1.54) is 12.2 Å². The van der Waals surface area contributed by atoms with Crippen molar-refractivity contribution < 1.29 is 19.1 Å². The molecule has 0 saturated carbocycles. The van der Waals surface area contributed by atoms with Gasteiger partial charge in [-0.25, -0.2) is 4.79 Å².